The van der Waals surface area contributed by atoms with Crippen LogP contribution in [-0.4, -0.2) is 51.0 Å². The van der Waals surface area contributed by atoms with E-state index in [-0.39, 0.29) is 24.4 Å². The molecule has 2 aliphatic rings. The van der Waals surface area contributed by atoms with Gasteiger partial charge in [0.25, 0.3) is 0 Å². The third-order valence-electron chi connectivity index (χ3n) is 3.55. The van der Waals surface area contributed by atoms with Gasteiger partial charge in [-0.05, 0) is 12.8 Å². The lowest BCUT2D eigenvalue weighted by atomic mass is 9.98. The molecule has 0 aromatic rings. The number of ether oxygens (including phenoxy) is 2. The molecule has 1 aliphatic carbocycles. The van der Waals surface area contributed by atoms with Gasteiger partial charge in [0.2, 0.25) is 5.91 Å². The molecule has 0 radical (unpaired) electrons. The molecule has 0 aromatic carbocycles. The first-order valence-electron chi connectivity index (χ1n) is 7.07. The van der Waals surface area contributed by atoms with Gasteiger partial charge in [-0.15, -0.1) is 12.4 Å². The Balaban J connectivity index is 0.00000180. The molecule has 5 nitrogen and oxygen atoms in total. The van der Waals surface area contributed by atoms with Crippen LogP contribution in [0.3, 0.4) is 0 Å². The van der Waals surface area contributed by atoms with E-state index in [1.807, 2.05) is 0 Å². The minimum Gasteiger partial charge on any atom is -0.378 e. The van der Waals surface area contributed by atoms with E-state index < -0.39 is 0 Å². The SMILES string of the molecule is Cl.O=C(NCCOC1CCCCC1)C1COCCN1. The van der Waals surface area contributed by atoms with Crippen LogP contribution in [-0.2, 0) is 14.3 Å². The summed E-state index contributed by atoms with van der Waals surface area (Å²) in [5.74, 6) is 0.0157. The van der Waals surface area contributed by atoms with Gasteiger partial charge in [0.15, 0.2) is 0 Å². The molecule has 2 N–H and O–H groups in total. The average Bonchev–Trinajstić information content (AvgIpc) is 2.45. The first-order valence-corrected chi connectivity index (χ1v) is 7.07. The number of nitrogens with one attached hydrogen (secondary N) is 2. The lowest BCUT2D eigenvalue weighted by Crippen LogP contribution is -2.51. The van der Waals surface area contributed by atoms with Crippen molar-refractivity contribution in [1.82, 2.24) is 10.6 Å². The highest BCUT2D eigenvalue weighted by atomic mass is 35.5. The van der Waals surface area contributed by atoms with Crippen molar-refractivity contribution in [3.63, 3.8) is 0 Å². The second-order valence-corrected chi connectivity index (χ2v) is 5.00. The number of hydrogen-bond acceptors (Lipinski definition) is 4. The second-order valence-electron chi connectivity index (χ2n) is 5.00. The van der Waals surface area contributed by atoms with Crippen molar-refractivity contribution >= 4 is 18.3 Å². The summed E-state index contributed by atoms with van der Waals surface area (Å²) >= 11 is 0. The van der Waals surface area contributed by atoms with Crippen molar-refractivity contribution in [1.29, 1.82) is 0 Å². The summed E-state index contributed by atoms with van der Waals surface area (Å²) in [6, 6.07) is -0.201. The molecule has 2 fully saturated rings. The molecule has 112 valence electrons. The molecule has 1 aliphatic heterocycles. The van der Waals surface area contributed by atoms with Crippen LogP contribution >= 0.6 is 12.4 Å². The summed E-state index contributed by atoms with van der Waals surface area (Å²) in [6.45, 7) is 3.11. The summed E-state index contributed by atoms with van der Waals surface area (Å²) in [5, 5.41) is 6.02. The Morgan fingerprint density at radius 3 is 2.79 bits per heavy atom. The first kappa shape index (κ1) is 16.7. The van der Waals surface area contributed by atoms with E-state index in [0.29, 0.717) is 32.5 Å². The lowest BCUT2D eigenvalue weighted by molar-refractivity contribution is -0.126. The molecule has 0 spiro atoms. The van der Waals surface area contributed by atoms with Crippen LogP contribution in [0.1, 0.15) is 32.1 Å². The van der Waals surface area contributed by atoms with Crippen molar-refractivity contribution < 1.29 is 14.3 Å². The van der Waals surface area contributed by atoms with Crippen LogP contribution in [0, 0.1) is 0 Å². The van der Waals surface area contributed by atoms with E-state index in [9.17, 15) is 4.79 Å². The fourth-order valence-electron chi connectivity index (χ4n) is 2.49. The third kappa shape index (κ3) is 6.08. The molecule has 2 rings (SSSR count). The van der Waals surface area contributed by atoms with Gasteiger partial charge >= 0.3 is 0 Å². The normalized spacial score (nSPS) is 24.5. The molecule has 1 saturated heterocycles. The quantitative estimate of drug-likeness (QED) is 0.738. The molecule has 1 amide bonds. The van der Waals surface area contributed by atoms with Crippen molar-refractivity contribution in [2.24, 2.45) is 0 Å². The smallest absolute Gasteiger partial charge is 0.239 e. The van der Waals surface area contributed by atoms with Crippen LogP contribution < -0.4 is 10.6 Å². The molecule has 1 atom stereocenters. The van der Waals surface area contributed by atoms with Crippen molar-refractivity contribution in [2.45, 2.75) is 44.2 Å². The van der Waals surface area contributed by atoms with E-state index in [1.165, 1.54) is 32.1 Å². The van der Waals surface area contributed by atoms with Crippen molar-refractivity contribution in [3.05, 3.63) is 0 Å². The summed E-state index contributed by atoms with van der Waals surface area (Å²) < 4.78 is 11.0. The number of carbonyl (C=O) groups is 1. The molecule has 1 heterocycles. The van der Waals surface area contributed by atoms with Crippen molar-refractivity contribution in [3.8, 4) is 0 Å². The number of carbonyl (C=O) groups excluding carboxylic acids is 1. The maximum atomic E-state index is 11.7. The summed E-state index contributed by atoms with van der Waals surface area (Å²) in [6.07, 6.45) is 6.65. The van der Waals surface area contributed by atoms with E-state index in [1.54, 1.807) is 0 Å². The molecule has 6 heteroatoms. The highest BCUT2D eigenvalue weighted by molar-refractivity contribution is 5.85. The van der Waals surface area contributed by atoms with Gasteiger partial charge in [-0.2, -0.15) is 0 Å². The summed E-state index contributed by atoms with van der Waals surface area (Å²) in [4.78, 5) is 11.7. The Labute approximate surface area is 121 Å². The number of halogens is 1. The minimum atomic E-state index is -0.201. The van der Waals surface area contributed by atoms with E-state index >= 15 is 0 Å². The van der Waals surface area contributed by atoms with Crippen LogP contribution in [0.25, 0.3) is 0 Å². The van der Waals surface area contributed by atoms with Gasteiger partial charge in [0.05, 0.1) is 25.9 Å². The number of morpholine rings is 1. The Morgan fingerprint density at radius 1 is 1.32 bits per heavy atom. The van der Waals surface area contributed by atoms with Gasteiger partial charge in [-0.25, -0.2) is 0 Å². The number of rotatable bonds is 5. The third-order valence-corrected chi connectivity index (χ3v) is 3.55. The van der Waals surface area contributed by atoms with Crippen molar-refractivity contribution in [2.75, 3.05) is 32.9 Å². The molecule has 0 aromatic heterocycles. The fraction of sp³-hybridized carbons (Fsp3) is 0.923. The number of amides is 1. The zero-order valence-electron chi connectivity index (χ0n) is 11.4. The first-order chi connectivity index (χ1) is 8.86. The van der Waals surface area contributed by atoms with Crippen LogP contribution in [0.2, 0.25) is 0 Å². The fourth-order valence-corrected chi connectivity index (χ4v) is 2.49. The van der Waals surface area contributed by atoms with Crippen LogP contribution in [0.5, 0.6) is 0 Å². The Hall–Kier alpha value is -0.360. The highest BCUT2D eigenvalue weighted by Gasteiger charge is 2.20. The topological polar surface area (TPSA) is 59.6 Å². The molecular formula is C13H25ClN2O3. The largest absolute Gasteiger partial charge is 0.378 e. The number of hydrogen-bond donors (Lipinski definition) is 2. The zero-order chi connectivity index (χ0) is 12.6. The monoisotopic (exact) mass is 292 g/mol. The maximum Gasteiger partial charge on any atom is 0.239 e. The standard InChI is InChI=1S/C13H24N2O3.ClH/c16-13(12-10-17-8-6-14-12)15-7-9-18-11-4-2-1-3-5-11;/h11-12,14H,1-10H2,(H,15,16);1H. The Morgan fingerprint density at radius 2 is 2.11 bits per heavy atom. The van der Waals surface area contributed by atoms with Crippen LogP contribution in [0.4, 0.5) is 0 Å². The van der Waals surface area contributed by atoms with Gasteiger partial charge < -0.3 is 20.1 Å². The molecule has 1 saturated carbocycles. The van der Waals surface area contributed by atoms with Gasteiger partial charge in [-0.3, -0.25) is 4.79 Å². The summed E-state index contributed by atoms with van der Waals surface area (Å²) in [7, 11) is 0. The van der Waals surface area contributed by atoms with Crippen LogP contribution in [0.15, 0.2) is 0 Å². The highest BCUT2D eigenvalue weighted by Crippen LogP contribution is 2.19. The predicted octanol–water partition coefficient (Wildman–Crippen LogP) is 0.862. The molecule has 19 heavy (non-hydrogen) atoms. The lowest BCUT2D eigenvalue weighted by Gasteiger charge is -2.24. The molecule has 1 unspecified atom stereocenters. The van der Waals surface area contributed by atoms with E-state index in [0.717, 1.165) is 6.54 Å². The predicted molar refractivity (Wildman–Crippen MR) is 75.7 cm³/mol. The van der Waals surface area contributed by atoms with Gasteiger partial charge in [0.1, 0.15) is 6.04 Å². The molecule has 0 bridgehead atoms. The molecular weight excluding hydrogens is 268 g/mol. The Bertz CT molecular complexity index is 254. The zero-order valence-corrected chi connectivity index (χ0v) is 12.2. The average molecular weight is 293 g/mol. The van der Waals surface area contributed by atoms with E-state index in [2.05, 4.69) is 10.6 Å². The minimum absolute atomic E-state index is 0. The van der Waals surface area contributed by atoms with Gasteiger partial charge in [-0.1, -0.05) is 19.3 Å². The second kappa shape index (κ2) is 9.53. The Kier molecular flexibility index (Phi) is 8.37. The summed E-state index contributed by atoms with van der Waals surface area (Å²) in [5.41, 5.74) is 0. The van der Waals surface area contributed by atoms with Gasteiger partial charge in [0, 0.05) is 13.1 Å². The van der Waals surface area contributed by atoms with E-state index in [4.69, 9.17) is 9.47 Å². The maximum absolute atomic E-state index is 11.7.